The van der Waals surface area contributed by atoms with Crippen LogP contribution in [0.4, 0.5) is 5.69 Å². The van der Waals surface area contributed by atoms with E-state index in [1.807, 2.05) is 30.3 Å². The van der Waals surface area contributed by atoms with Crippen molar-refractivity contribution >= 4 is 35.5 Å². The third-order valence-corrected chi connectivity index (χ3v) is 8.12. The molecular weight excluding hydrogens is 716 g/mol. The molecule has 0 aliphatic rings. The maximum absolute atomic E-state index is 13.0. The molecule has 0 fully saturated rings. The highest BCUT2D eigenvalue weighted by Crippen LogP contribution is 2.32. The summed E-state index contributed by atoms with van der Waals surface area (Å²) in [5.74, 6) is -4.87. The van der Waals surface area contributed by atoms with E-state index in [0.29, 0.717) is 39.9 Å². The highest BCUT2D eigenvalue weighted by molar-refractivity contribution is 5.79. The minimum Gasteiger partial charge on any atom is -0.495 e. The summed E-state index contributed by atoms with van der Waals surface area (Å²) in [5.41, 5.74) is 11.1. The molecule has 0 radical (unpaired) electrons. The molecule has 4 rings (SSSR count). The van der Waals surface area contributed by atoms with Crippen molar-refractivity contribution in [3.63, 3.8) is 0 Å². The normalized spacial score (nSPS) is 11.1. The fourth-order valence-electron chi connectivity index (χ4n) is 5.59. The van der Waals surface area contributed by atoms with Crippen molar-refractivity contribution < 1.29 is 49.1 Å². The van der Waals surface area contributed by atoms with Crippen molar-refractivity contribution in [1.29, 1.82) is 0 Å². The number of carboxylic acid groups (broad SMARTS) is 4. The van der Waals surface area contributed by atoms with Crippen LogP contribution in [-0.4, -0.2) is 146 Å². The second-order valence-corrected chi connectivity index (χ2v) is 12.4. The van der Waals surface area contributed by atoms with Crippen molar-refractivity contribution in [1.82, 2.24) is 35.0 Å². The molecular formula is C37H42N8O10. The summed E-state index contributed by atoms with van der Waals surface area (Å²) in [6, 6.07) is 20.0. The summed E-state index contributed by atoms with van der Waals surface area (Å²) in [6.45, 7) is -2.57. The van der Waals surface area contributed by atoms with Gasteiger partial charge in [-0.05, 0) is 59.7 Å². The third kappa shape index (κ3) is 13.5. The Bertz CT molecular complexity index is 1960. The number of carbonyl (C=O) groups excluding carboxylic acids is 1. The molecule has 0 spiro atoms. The fourth-order valence-corrected chi connectivity index (χ4v) is 5.59. The highest BCUT2D eigenvalue weighted by atomic mass is 16.5. The molecule has 4 aromatic rings. The van der Waals surface area contributed by atoms with Gasteiger partial charge in [0.1, 0.15) is 5.75 Å². The average Bonchev–Trinajstić information content (AvgIpc) is 3.14. The predicted octanol–water partition coefficient (Wildman–Crippen LogP) is 1.32. The van der Waals surface area contributed by atoms with Gasteiger partial charge in [-0.25, -0.2) is 9.97 Å². The molecule has 1 aromatic carbocycles. The number of aliphatic carboxylic acids is 4. The number of aromatic nitrogens is 3. The molecule has 0 atom stereocenters. The summed E-state index contributed by atoms with van der Waals surface area (Å²) in [6.07, 6.45) is 1.67. The van der Waals surface area contributed by atoms with Gasteiger partial charge < -0.3 is 36.2 Å². The number of methoxy groups -OCH3 is 1. The van der Waals surface area contributed by atoms with Gasteiger partial charge in [-0.1, -0.05) is 18.2 Å². The number of rotatable bonds is 22. The number of nitrogens with zero attached hydrogens (tertiary/aromatic N) is 6. The third-order valence-electron chi connectivity index (χ3n) is 8.12. The Morgan fingerprint density at radius 2 is 1.20 bits per heavy atom. The van der Waals surface area contributed by atoms with Crippen LogP contribution in [0.5, 0.6) is 5.75 Å². The van der Waals surface area contributed by atoms with Gasteiger partial charge in [-0.3, -0.25) is 43.7 Å². The molecule has 1 amide bonds. The SMILES string of the molecule is COc1ccc(-c2cc(-c3ccccn3)nc(-c3cccc(CNC(=O)CN(CCN(CCN(CC(=O)O)CC(=O)O)CC(=O)O)CC(=O)O)n3)c2)cc1N. The molecule has 7 N–H and O–H groups in total. The van der Waals surface area contributed by atoms with Gasteiger partial charge in [-0.2, -0.15) is 0 Å². The molecule has 0 saturated carbocycles. The molecule has 0 saturated heterocycles. The van der Waals surface area contributed by atoms with Gasteiger partial charge in [-0.15, -0.1) is 0 Å². The first-order chi connectivity index (χ1) is 26.3. The van der Waals surface area contributed by atoms with Crippen molar-refractivity contribution in [2.45, 2.75) is 6.54 Å². The van der Waals surface area contributed by atoms with Crippen molar-refractivity contribution in [3.8, 4) is 39.7 Å². The van der Waals surface area contributed by atoms with Crippen LogP contribution in [0.15, 0.2) is 72.9 Å². The molecule has 18 nitrogen and oxygen atoms in total. The van der Waals surface area contributed by atoms with Gasteiger partial charge >= 0.3 is 23.9 Å². The Labute approximate surface area is 315 Å². The average molecular weight is 759 g/mol. The summed E-state index contributed by atoms with van der Waals surface area (Å²) in [7, 11) is 1.54. The number of ether oxygens (including phenoxy) is 1. The molecule has 0 aliphatic carbocycles. The number of hydrogen-bond donors (Lipinski definition) is 6. The monoisotopic (exact) mass is 758 g/mol. The Hall–Kier alpha value is -6.50. The number of carboxylic acids is 4. The zero-order valence-electron chi connectivity index (χ0n) is 30.0. The zero-order valence-corrected chi connectivity index (χ0v) is 30.0. The van der Waals surface area contributed by atoms with Crippen LogP contribution in [0.3, 0.4) is 0 Å². The number of hydrogen-bond acceptors (Lipinski definition) is 13. The smallest absolute Gasteiger partial charge is 0.317 e. The first-order valence-corrected chi connectivity index (χ1v) is 16.9. The number of nitrogens with one attached hydrogen (secondary N) is 1. The number of nitrogens with two attached hydrogens (primary N) is 1. The van der Waals surface area contributed by atoms with Crippen LogP contribution < -0.4 is 15.8 Å². The van der Waals surface area contributed by atoms with Crippen LogP contribution in [0.1, 0.15) is 5.69 Å². The molecule has 0 aliphatic heterocycles. The molecule has 3 aromatic heterocycles. The Balaban J connectivity index is 1.46. The van der Waals surface area contributed by atoms with E-state index in [-0.39, 0.29) is 39.3 Å². The standard InChI is InChI=1S/C37H42N8O10/c1-55-32-9-8-24(15-27(32)38)25-16-30(28-6-2-3-10-39-28)42-31(17-25)29-7-4-5-26(41-29)18-40-33(46)19-44(21-35(49)50)13-11-43(20-34(47)48)12-14-45(22-36(51)52)23-37(53)54/h2-10,15-17H,11-14,18-23,38H2,1H3,(H,40,46)(H,47,48)(H,49,50)(H,51,52)(H,53,54). The van der Waals surface area contributed by atoms with E-state index in [0.717, 1.165) is 16.0 Å². The number of anilines is 1. The summed E-state index contributed by atoms with van der Waals surface area (Å²) in [5, 5.41) is 39.8. The van der Waals surface area contributed by atoms with Crippen molar-refractivity contribution in [2.75, 3.05) is 71.7 Å². The van der Waals surface area contributed by atoms with Crippen LogP contribution in [0, 0.1) is 0 Å². The number of pyridine rings is 3. The largest absolute Gasteiger partial charge is 0.495 e. The van der Waals surface area contributed by atoms with E-state index in [9.17, 15) is 34.2 Å². The van der Waals surface area contributed by atoms with Gasteiger partial charge in [0.15, 0.2) is 0 Å². The van der Waals surface area contributed by atoms with Gasteiger partial charge in [0, 0.05) is 32.4 Å². The number of carbonyl (C=O) groups is 5. The molecule has 290 valence electrons. The maximum atomic E-state index is 13.0. The van der Waals surface area contributed by atoms with Crippen molar-refractivity contribution in [2.24, 2.45) is 0 Å². The topological polar surface area (TPSA) is 262 Å². The molecule has 55 heavy (non-hydrogen) atoms. The number of nitrogen functional groups attached to an aromatic ring is 1. The second-order valence-electron chi connectivity index (χ2n) is 12.4. The Kier molecular flexibility index (Phi) is 15.1. The second kappa shape index (κ2) is 20.1. The van der Waals surface area contributed by atoms with Crippen LogP contribution in [0.25, 0.3) is 33.9 Å². The minimum absolute atomic E-state index is 0.000115. The van der Waals surface area contributed by atoms with E-state index >= 15 is 0 Å². The summed E-state index contributed by atoms with van der Waals surface area (Å²) < 4.78 is 5.31. The van der Waals surface area contributed by atoms with Crippen LogP contribution in [-0.2, 0) is 30.5 Å². The van der Waals surface area contributed by atoms with E-state index in [2.05, 4.69) is 10.3 Å². The van der Waals surface area contributed by atoms with E-state index < -0.39 is 56.0 Å². The van der Waals surface area contributed by atoms with Crippen LogP contribution in [0.2, 0.25) is 0 Å². The highest BCUT2D eigenvalue weighted by Gasteiger charge is 2.20. The lowest BCUT2D eigenvalue weighted by Gasteiger charge is -2.27. The van der Waals surface area contributed by atoms with Crippen molar-refractivity contribution in [3.05, 3.63) is 78.6 Å². The predicted molar refractivity (Wildman–Crippen MR) is 199 cm³/mol. The summed E-state index contributed by atoms with van der Waals surface area (Å²) in [4.78, 5) is 76.4. The van der Waals surface area contributed by atoms with E-state index in [4.69, 9.17) is 30.7 Å². The summed E-state index contributed by atoms with van der Waals surface area (Å²) >= 11 is 0. The maximum Gasteiger partial charge on any atom is 0.317 e. The zero-order chi connectivity index (χ0) is 39.9. The van der Waals surface area contributed by atoms with Gasteiger partial charge in [0.05, 0.1) is 80.5 Å². The van der Waals surface area contributed by atoms with E-state index in [1.165, 1.54) is 16.9 Å². The van der Waals surface area contributed by atoms with Gasteiger partial charge in [0.25, 0.3) is 0 Å². The van der Waals surface area contributed by atoms with E-state index in [1.54, 1.807) is 42.6 Å². The lowest BCUT2D eigenvalue weighted by atomic mass is 10.0. The first kappa shape index (κ1) is 41.3. The number of benzene rings is 1. The minimum atomic E-state index is -1.25. The van der Waals surface area contributed by atoms with Crippen LogP contribution >= 0.6 is 0 Å². The lowest BCUT2D eigenvalue weighted by molar-refractivity contribution is -0.143. The number of amides is 1. The molecule has 18 heteroatoms. The molecule has 3 heterocycles. The first-order valence-electron chi connectivity index (χ1n) is 16.9. The quantitative estimate of drug-likeness (QED) is 0.0618. The Morgan fingerprint density at radius 3 is 1.76 bits per heavy atom. The Morgan fingerprint density at radius 1 is 0.636 bits per heavy atom. The van der Waals surface area contributed by atoms with Gasteiger partial charge in [0.2, 0.25) is 5.91 Å². The molecule has 0 unspecified atom stereocenters. The fraction of sp³-hybridized carbons (Fsp3) is 0.297. The molecule has 0 bridgehead atoms. The lowest BCUT2D eigenvalue weighted by Crippen LogP contribution is -2.46.